The minimum atomic E-state index is -0.433. The monoisotopic (exact) mass is 308 g/mol. The van der Waals surface area contributed by atoms with Crippen LogP contribution in [0.4, 0.5) is 4.39 Å². The van der Waals surface area contributed by atoms with Crippen molar-refractivity contribution in [2.45, 2.75) is 6.92 Å². The van der Waals surface area contributed by atoms with Crippen molar-refractivity contribution in [2.75, 3.05) is 0 Å². The van der Waals surface area contributed by atoms with E-state index in [0.717, 1.165) is 16.3 Å². The fraction of sp³-hybridized carbons (Fsp3) is 0.0714. The number of hydrogen-bond acceptors (Lipinski definition) is 2. The van der Waals surface area contributed by atoms with Crippen molar-refractivity contribution >= 4 is 22.2 Å². The Kier molecular flexibility index (Phi) is 3.77. The molecule has 0 aliphatic rings. The molecule has 4 heteroatoms. The van der Waals surface area contributed by atoms with Gasteiger partial charge in [-0.3, -0.25) is 4.79 Å². The zero-order chi connectivity index (χ0) is 13.1. The molecular weight excluding hydrogens is 299 g/mol. The number of aldehydes is 1. The van der Waals surface area contributed by atoms with E-state index in [9.17, 15) is 9.18 Å². The largest absolute Gasteiger partial charge is 0.454 e. The third kappa shape index (κ3) is 2.76. The summed E-state index contributed by atoms with van der Waals surface area (Å²) in [4.78, 5) is 10.6. The summed E-state index contributed by atoms with van der Waals surface area (Å²) in [7, 11) is 0. The van der Waals surface area contributed by atoms with Crippen molar-refractivity contribution in [1.29, 1.82) is 0 Å². The maximum atomic E-state index is 13.5. The summed E-state index contributed by atoms with van der Waals surface area (Å²) >= 11 is 3.26. The van der Waals surface area contributed by atoms with Crippen LogP contribution in [0.5, 0.6) is 11.5 Å². The molecule has 0 radical (unpaired) electrons. The van der Waals surface area contributed by atoms with Crippen molar-refractivity contribution in [3.8, 4) is 11.5 Å². The number of halogens is 2. The van der Waals surface area contributed by atoms with Crippen LogP contribution in [0.15, 0.2) is 40.9 Å². The molecule has 0 saturated heterocycles. The van der Waals surface area contributed by atoms with Gasteiger partial charge in [0, 0.05) is 10.0 Å². The lowest BCUT2D eigenvalue weighted by Crippen LogP contribution is -1.92. The van der Waals surface area contributed by atoms with E-state index in [0.29, 0.717) is 11.3 Å². The molecule has 18 heavy (non-hydrogen) atoms. The fourth-order valence-electron chi connectivity index (χ4n) is 1.53. The number of hydrogen-bond donors (Lipinski definition) is 0. The van der Waals surface area contributed by atoms with Crippen molar-refractivity contribution in [3.05, 3.63) is 57.8 Å². The number of rotatable bonds is 3. The first kappa shape index (κ1) is 12.8. The van der Waals surface area contributed by atoms with Crippen LogP contribution in [0.1, 0.15) is 15.9 Å². The number of aryl methyl sites for hydroxylation is 1. The zero-order valence-electron chi connectivity index (χ0n) is 9.61. The van der Waals surface area contributed by atoms with Gasteiger partial charge in [-0.15, -0.1) is 0 Å². The molecule has 0 heterocycles. The Morgan fingerprint density at radius 3 is 2.61 bits per heavy atom. The highest BCUT2D eigenvalue weighted by Crippen LogP contribution is 2.29. The Hall–Kier alpha value is -1.68. The van der Waals surface area contributed by atoms with Crippen LogP contribution in [0.25, 0.3) is 0 Å². The van der Waals surface area contributed by atoms with Crippen LogP contribution in [0.2, 0.25) is 0 Å². The van der Waals surface area contributed by atoms with Gasteiger partial charge in [-0.2, -0.15) is 0 Å². The Bertz CT molecular complexity index is 596. The summed E-state index contributed by atoms with van der Waals surface area (Å²) in [5.74, 6) is 0.237. The summed E-state index contributed by atoms with van der Waals surface area (Å²) in [6, 6.07) is 9.46. The number of carbonyl (C=O) groups is 1. The predicted octanol–water partition coefficient (Wildman–Crippen LogP) is 4.50. The van der Waals surface area contributed by atoms with Crippen molar-refractivity contribution in [1.82, 2.24) is 0 Å². The van der Waals surface area contributed by atoms with Gasteiger partial charge < -0.3 is 4.74 Å². The molecule has 2 nitrogen and oxygen atoms in total. The topological polar surface area (TPSA) is 26.3 Å². The highest BCUT2D eigenvalue weighted by molar-refractivity contribution is 9.10. The normalized spacial score (nSPS) is 10.2. The van der Waals surface area contributed by atoms with Crippen LogP contribution in [0, 0.1) is 12.7 Å². The standard InChI is InChI=1S/C14H10BrFO2/c1-9-6-10(8-17)2-5-13(9)18-14-7-11(15)3-4-12(14)16/h2-8H,1H3. The minimum absolute atomic E-state index is 0.145. The molecule has 2 rings (SSSR count). The van der Waals surface area contributed by atoms with Gasteiger partial charge in [0.15, 0.2) is 11.6 Å². The molecule has 0 amide bonds. The van der Waals surface area contributed by atoms with Crippen LogP contribution in [-0.2, 0) is 0 Å². The quantitative estimate of drug-likeness (QED) is 0.780. The number of benzene rings is 2. The van der Waals surface area contributed by atoms with Crippen LogP contribution >= 0.6 is 15.9 Å². The van der Waals surface area contributed by atoms with Gasteiger partial charge in [-0.25, -0.2) is 4.39 Å². The Labute approximate surface area is 113 Å². The van der Waals surface area contributed by atoms with Crippen molar-refractivity contribution < 1.29 is 13.9 Å². The molecule has 0 aliphatic heterocycles. The molecule has 2 aromatic carbocycles. The van der Waals surface area contributed by atoms with Gasteiger partial charge in [0.05, 0.1) is 0 Å². The molecule has 92 valence electrons. The first-order valence-electron chi connectivity index (χ1n) is 5.29. The Morgan fingerprint density at radius 2 is 1.94 bits per heavy atom. The highest BCUT2D eigenvalue weighted by atomic mass is 79.9. The van der Waals surface area contributed by atoms with Gasteiger partial charge in [0.25, 0.3) is 0 Å². The van der Waals surface area contributed by atoms with Crippen LogP contribution in [-0.4, -0.2) is 6.29 Å². The maximum Gasteiger partial charge on any atom is 0.165 e. The van der Waals surface area contributed by atoms with Gasteiger partial charge in [-0.1, -0.05) is 15.9 Å². The second-order valence-electron chi connectivity index (χ2n) is 3.82. The van der Waals surface area contributed by atoms with E-state index in [1.54, 1.807) is 37.3 Å². The van der Waals surface area contributed by atoms with E-state index in [2.05, 4.69) is 15.9 Å². The Balaban J connectivity index is 2.34. The van der Waals surface area contributed by atoms with Crippen LogP contribution < -0.4 is 4.74 Å². The number of ether oxygens (including phenoxy) is 1. The molecule has 0 spiro atoms. The molecule has 0 bridgehead atoms. The van der Waals surface area contributed by atoms with Gasteiger partial charge in [0.2, 0.25) is 0 Å². The fourth-order valence-corrected chi connectivity index (χ4v) is 1.87. The van der Waals surface area contributed by atoms with E-state index in [1.807, 2.05) is 0 Å². The summed E-state index contributed by atoms with van der Waals surface area (Å²) in [6.45, 7) is 1.80. The average molecular weight is 309 g/mol. The highest BCUT2D eigenvalue weighted by Gasteiger charge is 2.07. The third-order valence-electron chi connectivity index (χ3n) is 2.45. The molecular formula is C14H10BrFO2. The summed E-state index contributed by atoms with van der Waals surface area (Å²) < 4.78 is 19.8. The first-order valence-corrected chi connectivity index (χ1v) is 6.08. The van der Waals surface area contributed by atoms with Crippen molar-refractivity contribution in [3.63, 3.8) is 0 Å². The lowest BCUT2D eigenvalue weighted by molar-refractivity contribution is 0.112. The summed E-state index contributed by atoms with van der Waals surface area (Å²) in [5, 5.41) is 0. The molecule has 0 saturated carbocycles. The molecule has 2 aromatic rings. The zero-order valence-corrected chi connectivity index (χ0v) is 11.2. The Morgan fingerprint density at radius 1 is 1.17 bits per heavy atom. The third-order valence-corrected chi connectivity index (χ3v) is 2.94. The van der Waals surface area contributed by atoms with Crippen LogP contribution in [0.3, 0.4) is 0 Å². The second kappa shape index (κ2) is 5.31. The summed E-state index contributed by atoms with van der Waals surface area (Å²) in [6.07, 6.45) is 0.760. The molecule has 0 N–H and O–H groups in total. The average Bonchev–Trinajstić information content (AvgIpc) is 2.36. The van der Waals surface area contributed by atoms with E-state index < -0.39 is 5.82 Å². The lowest BCUT2D eigenvalue weighted by atomic mass is 10.1. The van der Waals surface area contributed by atoms with E-state index in [4.69, 9.17) is 4.74 Å². The summed E-state index contributed by atoms with van der Waals surface area (Å²) in [5.41, 5.74) is 1.34. The SMILES string of the molecule is Cc1cc(C=O)ccc1Oc1cc(Br)ccc1F. The minimum Gasteiger partial charge on any atom is -0.454 e. The number of carbonyl (C=O) groups excluding carboxylic acids is 1. The molecule has 0 aliphatic carbocycles. The molecule has 0 fully saturated rings. The predicted molar refractivity (Wildman–Crippen MR) is 70.7 cm³/mol. The maximum absolute atomic E-state index is 13.5. The smallest absolute Gasteiger partial charge is 0.165 e. The van der Waals surface area contributed by atoms with Gasteiger partial charge in [0.1, 0.15) is 12.0 Å². The second-order valence-corrected chi connectivity index (χ2v) is 4.74. The van der Waals surface area contributed by atoms with E-state index in [-0.39, 0.29) is 5.75 Å². The first-order chi connectivity index (χ1) is 8.60. The van der Waals surface area contributed by atoms with E-state index >= 15 is 0 Å². The molecule has 0 unspecified atom stereocenters. The lowest BCUT2D eigenvalue weighted by Gasteiger charge is -2.10. The van der Waals surface area contributed by atoms with Crippen molar-refractivity contribution in [2.24, 2.45) is 0 Å². The molecule has 0 aromatic heterocycles. The molecule has 0 atom stereocenters. The van der Waals surface area contributed by atoms with E-state index in [1.165, 1.54) is 6.07 Å². The van der Waals surface area contributed by atoms with Gasteiger partial charge in [-0.05, 0) is 48.9 Å². The van der Waals surface area contributed by atoms with Gasteiger partial charge >= 0.3 is 0 Å².